The molecule has 0 radical (unpaired) electrons. The number of nitrogens with zero attached hydrogens (tertiary/aromatic N) is 2. The number of hydrogen-bond donors (Lipinski definition) is 1. The van der Waals surface area contributed by atoms with Crippen molar-refractivity contribution in [3.63, 3.8) is 0 Å². The van der Waals surface area contributed by atoms with Crippen molar-refractivity contribution in [2.75, 3.05) is 6.54 Å². The lowest BCUT2D eigenvalue weighted by atomic mass is 10.1. The quantitative estimate of drug-likeness (QED) is 0.638. The third kappa shape index (κ3) is 4.09. The molecule has 0 bridgehead atoms. The highest BCUT2D eigenvalue weighted by molar-refractivity contribution is 7.17. The number of carbonyl (C=O) groups is 2. The molecular weight excluding hydrogens is 385 g/mol. The lowest BCUT2D eigenvalue weighted by molar-refractivity contribution is -0.155. The maximum Gasteiger partial charge on any atom is 0.326 e. The van der Waals surface area contributed by atoms with Gasteiger partial charge in [-0.25, -0.2) is 9.37 Å². The van der Waals surface area contributed by atoms with Crippen LogP contribution in [0.1, 0.15) is 13.8 Å². The highest BCUT2D eigenvalue weighted by Gasteiger charge is 2.19. The highest BCUT2D eigenvalue weighted by atomic mass is 32.1. The predicted molar refractivity (Wildman–Crippen MR) is 104 cm³/mol. The number of amides is 1. The standard InChI is InChI=1S/C19H18FN3O4S/c1-3-21-17(25)11(2)27-15(24)8-23-10-22-18-16(19(23)26)14(9-28-18)12-4-6-13(20)7-5-12/h4-7,9-11H,3,8H2,1-2H3,(H,21,25)/t11-/m1/s1. The van der Waals surface area contributed by atoms with E-state index in [1.165, 1.54) is 36.7 Å². The molecule has 1 N–H and O–H groups in total. The topological polar surface area (TPSA) is 90.3 Å². The van der Waals surface area contributed by atoms with Crippen LogP contribution in [0.3, 0.4) is 0 Å². The summed E-state index contributed by atoms with van der Waals surface area (Å²) < 4.78 is 19.4. The zero-order valence-corrected chi connectivity index (χ0v) is 16.1. The molecule has 7 nitrogen and oxygen atoms in total. The fraction of sp³-hybridized carbons (Fsp3) is 0.263. The molecular formula is C19H18FN3O4S. The fourth-order valence-corrected chi connectivity index (χ4v) is 3.57. The maximum absolute atomic E-state index is 13.2. The summed E-state index contributed by atoms with van der Waals surface area (Å²) in [6.45, 7) is 3.26. The minimum Gasteiger partial charge on any atom is -0.451 e. The molecule has 3 rings (SSSR count). The summed E-state index contributed by atoms with van der Waals surface area (Å²) in [6.07, 6.45) is 0.309. The summed E-state index contributed by atoms with van der Waals surface area (Å²) in [5.41, 5.74) is 0.890. The Morgan fingerprint density at radius 1 is 1.32 bits per heavy atom. The number of rotatable bonds is 6. The van der Waals surface area contributed by atoms with Crippen molar-refractivity contribution in [1.82, 2.24) is 14.9 Å². The summed E-state index contributed by atoms with van der Waals surface area (Å²) in [5.74, 6) is -1.50. The molecule has 1 amide bonds. The highest BCUT2D eigenvalue weighted by Crippen LogP contribution is 2.30. The first-order valence-corrected chi connectivity index (χ1v) is 9.48. The van der Waals surface area contributed by atoms with Gasteiger partial charge < -0.3 is 10.1 Å². The Morgan fingerprint density at radius 3 is 2.71 bits per heavy atom. The average Bonchev–Trinajstić information content (AvgIpc) is 3.09. The smallest absolute Gasteiger partial charge is 0.326 e. The van der Waals surface area contributed by atoms with Crippen LogP contribution in [-0.4, -0.2) is 34.1 Å². The first-order valence-electron chi connectivity index (χ1n) is 8.60. The second-order valence-corrected chi connectivity index (χ2v) is 6.90. The van der Waals surface area contributed by atoms with Gasteiger partial charge in [-0.05, 0) is 31.5 Å². The van der Waals surface area contributed by atoms with Gasteiger partial charge >= 0.3 is 5.97 Å². The Balaban J connectivity index is 1.87. The Kier molecular flexibility index (Phi) is 5.84. The normalized spacial score (nSPS) is 12.0. The van der Waals surface area contributed by atoms with Gasteiger partial charge in [0.05, 0.1) is 11.7 Å². The number of thiophene rings is 1. The number of halogens is 1. The van der Waals surface area contributed by atoms with Crippen molar-refractivity contribution in [1.29, 1.82) is 0 Å². The number of aromatic nitrogens is 2. The van der Waals surface area contributed by atoms with Crippen LogP contribution >= 0.6 is 11.3 Å². The molecule has 1 atom stereocenters. The summed E-state index contributed by atoms with van der Waals surface area (Å²) in [4.78, 5) is 41.4. The summed E-state index contributed by atoms with van der Waals surface area (Å²) >= 11 is 1.29. The maximum atomic E-state index is 13.2. The summed E-state index contributed by atoms with van der Waals surface area (Å²) in [6, 6.07) is 5.79. The average molecular weight is 403 g/mol. The Morgan fingerprint density at radius 2 is 2.04 bits per heavy atom. The summed E-state index contributed by atoms with van der Waals surface area (Å²) in [5, 5.41) is 4.67. The van der Waals surface area contributed by atoms with Gasteiger partial charge in [0.25, 0.3) is 11.5 Å². The van der Waals surface area contributed by atoms with E-state index in [1.807, 2.05) is 0 Å². The van der Waals surface area contributed by atoms with Crippen LogP contribution in [0.15, 0.2) is 40.8 Å². The van der Waals surface area contributed by atoms with Crippen LogP contribution in [0.2, 0.25) is 0 Å². The molecule has 0 aliphatic heterocycles. The van der Waals surface area contributed by atoms with E-state index in [1.54, 1.807) is 24.4 Å². The molecule has 2 heterocycles. The fourth-order valence-electron chi connectivity index (χ4n) is 2.67. The van der Waals surface area contributed by atoms with Gasteiger partial charge in [0.15, 0.2) is 6.10 Å². The Bertz CT molecular complexity index is 1070. The zero-order valence-electron chi connectivity index (χ0n) is 15.3. The number of carbonyl (C=O) groups excluding carboxylic acids is 2. The van der Waals surface area contributed by atoms with Gasteiger partial charge in [0.1, 0.15) is 17.2 Å². The van der Waals surface area contributed by atoms with E-state index < -0.39 is 23.5 Å². The van der Waals surface area contributed by atoms with Crippen LogP contribution in [-0.2, 0) is 20.9 Å². The van der Waals surface area contributed by atoms with Crippen LogP contribution in [0, 0.1) is 5.82 Å². The molecule has 0 unspecified atom stereocenters. The van der Waals surface area contributed by atoms with Crippen LogP contribution < -0.4 is 10.9 Å². The molecule has 0 fully saturated rings. The number of nitrogens with one attached hydrogen (secondary N) is 1. The third-order valence-electron chi connectivity index (χ3n) is 4.04. The van der Waals surface area contributed by atoms with Gasteiger partial charge in [-0.3, -0.25) is 19.0 Å². The predicted octanol–water partition coefficient (Wildman–Crippen LogP) is 2.33. The third-order valence-corrected chi connectivity index (χ3v) is 4.93. The Labute approximate surface area is 163 Å². The van der Waals surface area contributed by atoms with E-state index in [0.29, 0.717) is 27.9 Å². The van der Waals surface area contributed by atoms with Crippen molar-refractivity contribution in [2.24, 2.45) is 0 Å². The van der Waals surface area contributed by atoms with Gasteiger partial charge in [0.2, 0.25) is 0 Å². The number of esters is 1. The molecule has 0 aliphatic rings. The molecule has 0 saturated carbocycles. The monoisotopic (exact) mass is 403 g/mol. The van der Waals surface area contributed by atoms with Gasteiger partial charge in [-0.2, -0.15) is 0 Å². The lowest BCUT2D eigenvalue weighted by Crippen LogP contribution is -2.37. The van der Waals surface area contributed by atoms with Gasteiger partial charge in [0, 0.05) is 17.5 Å². The van der Waals surface area contributed by atoms with E-state index in [9.17, 15) is 18.8 Å². The molecule has 146 valence electrons. The number of benzene rings is 1. The molecule has 9 heteroatoms. The molecule has 0 aliphatic carbocycles. The molecule has 0 spiro atoms. The largest absolute Gasteiger partial charge is 0.451 e. The lowest BCUT2D eigenvalue weighted by Gasteiger charge is -2.13. The molecule has 1 aromatic carbocycles. The zero-order chi connectivity index (χ0) is 20.3. The van der Waals surface area contributed by atoms with Crippen LogP contribution in [0.25, 0.3) is 21.3 Å². The van der Waals surface area contributed by atoms with Crippen molar-refractivity contribution in [3.05, 3.63) is 52.1 Å². The SMILES string of the molecule is CCNC(=O)[C@@H](C)OC(=O)Cn1cnc2scc(-c3ccc(F)cc3)c2c1=O. The van der Waals surface area contributed by atoms with E-state index in [0.717, 1.165) is 4.57 Å². The number of hydrogen-bond acceptors (Lipinski definition) is 6. The molecule has 0 saturated heterocycles. The minimum atomic E-state index is -0.962. The molecule has 28 heavy (non-hydrogen) atoms. The van der Waals surface area contributed by atoms with Crippen LogP contribution in [0.5, 0.6) is 0 Å². The second kappa shape index (κ2) is 8.30. The van der Waals surface area contributed by atoms with Crippen molar-refractivity contribution < 1.29 is 18.7 Å². The van der Waals surface area contributed by atoms with E-state index >= 15 is 0 Å². The number of fused-ring (bicyclic) bond motifs is 1. The first-order chi connectivity index (χ1) is 13.4. The minimum absolute atomic E-state index is 0.351. The Hall–Kier alpha value is -3.07. The van der Waals surface area contributed by atoms with Crippen LogP contribution in [0.4, 0.5) is 4.39 Å². The van der Waals surface area contributed by atoms with E-state index in [2.05, 4.69) is 10.3 Å². The second-order valence-electron chi connectivity index (χ2n) is 6.04. The van der Waals surface area contributed by atoms with E-state index in [4.69, 9.17) is 4.74 Å². The van der Waals surface area contributed by atoms with Crippen molar-refractivity contribution >= 4 is 33.4 Å². The van der Waals surface area contributed by atoms with Gasteiger partial charge in [-0.1, -0.05) is 12.1 Å². The van der Waals surface area contributed by atoms with E-state index in [-0.39, 0.29) is 12.4 Å². The van der Waals surface area contributed by atoms with Crippen molar-refractivity contribution in [2.45, 2.75) is 26.5 Å². The van der Waals surface area contributed by atoms with Gasteiger partial charge in [-0.15, -0.1) is 11.3 Å². The summed E-state index contributed by atoms with van der Waals surface area (Å²) in [7, 11) is 0. The number of ether oxygens (including phenoxy) is 1. The number of likely N-dealkylation sites (N-methyl/N-ethyl adjacent to an activating group) is 1. The first kappa shape index (κ1) is 19.7. The molecule has 2 aromatic heterocycles. The molecule has 3 aromatic rings. The van der Waals surface area contributed by atoms with Crippen molar-refractivity contribution in [3.8, 4) is 11.1 Å².